The van der Waals surface area contributed by atoms with Gasteiger partial charge in [0.15, 0.2) is 0 Å². The van der Waals surface area contributed by atoms with Crippen LogP contribution in [-0.2, 0) is 9.47 Å². The SMILES string of the molecule is CC(C)(C)OC(=O)NCCCOCCI. The number of carbonyl (C=O) groups excluding carboxylic acids is 1. The van der Waals surface area contributed by atoms with Crippen LogP contribution in [0, 0.1) is 0 Å². The Bertz CT molecular complexity index is 180. The van der Waals surface area contributed by atoms with Crippen molar-refractivity contribution < 1.29 is 14.3 Å². The molecule has 1 N–H and O–H groups in total. The highest BCUT2D eigenvalue weighted by molar-refractivity contribution is 14.1. The number of carbonyl (C=O) groups is 1. The van der Waals surface area contributed by atoms with Gasteiger partial charge in [-0.15, -0.1) is 0 Å². The molecule has 0 heterocycles. The summed E-state index contributed by atoms with van der Waals surface area (Å²) in [4.78, 5) is 11.2. The third-order valence-corrected chi connectivity index (χ3v) is 1.80. The van der Waals surface area contributed by atoms with Crippen molar-refractivity contribution in [3.05, 3.63) is 0 Å². The summed E-state index contributed by atoms with van der Waals surface area (Å²) < 4.78 is 11.3. The minimum absolute atomic E-state index is 0.364. The molecule has 0 aliphatic heterocycles. The molecule has 0 rings (SSSR count). The van der Waals surface area contributed by atoms with Gasteiger partial charge in [0, 0.05) is 17.6 Å². The molecule has 90 valence electrons. The van der Waals surface area contributed by atoms with Crippen LogP contribution in [0.1, 0.15) is 27.2 Å². The predicted molar refractivity (Wildman–Crippen MR) is 68.6 cm³/mol. The van der Waals surface area contributed by atoms with Crippen molar-refractivity contribution >= 4 is 28.7 Å². The van der Waals surface area contributed by atoms with Gasteiger partial charge in [0.1, 0.15) is 5.60 Å². The van der Waals surface area contributed by atoms with Crippen molar-refractivity contribution in [2.24, 2.45) is 0 Å². The van der Waals surface area contributed by atoms with Crippen molar-refractivity contribution in [2.75, 3.05) is 24.2 Å². The minimum atomic E-state index is -0.429. The van der Waals surface area contributed by atoms with Gasteiger partial charge in [-0.1, -0.05) is 22.6 Å². The minimum Gasteiger partial charge on any atom is -0.444 e. The zero-order valence-corrected chi connectivity index (χ0v) is 11.8. The molecule has 1 amide bonds. The number of amides is 1. The summed E-state index contributed by atoms with van der Waals surface area (Å²) >= 11 is 2.26. The average molecular weight is 329 g/mol. The molecule has 0 aliphatic carbocycles. The fraction of sp³-hybridized carbons (Fsp3) is 0.900. The van der Waals surface area contributed by atoms with E-state index >= 15 is 0 Å². The summed E-state index contributed by atoms with van der Waals surface area (Å²) in [5.74, 6) is 0. The quantitative estimate of drug-likeness (QED) is 0.462. The molecule has 0 saturated carbocycles. The molecular weight excluding hydrogens is 309 g/mol. The number of hydrogen-bond donors (Lipinski definition) is 1. The number of nitrogens with one attached hydrogen (secondary N) is 1. The molecule has 0 spiro atoms. The van der Waals surface area contributed by atoms with Gasteiger partial charge in [0.05, 0.1) is 6.61 Å². The topological polar surface area (TPSA) is 47.6 Å². The average Bonchev–Trinajstić information content (AvgIpc) is 2.08. The van der Waals surface area contributed by atoms with Crippen LogP contribution < -0.4 is 5.32 Å². The summed E-state index contributed by atoms with van der Waals surface area (Å²) in [6.45, 7) is 7.57. The van der Waals surface area contributed by atoms with Gasteiger partial charge in [-0.2, -0.15) is 0 Å². The maximum Gasteiger partial charge on any atom is 0.407 e. The lowest BCUT2D eigenvalue weighted by Gasteiger charge is -2.19. The molecule has 0 fully saturated rings. The highest BCUT2D eigenvalue weighted by Gasteiger charge is 2.15. The van der Waals surface area contributed by atoms with Crippen molar-refractivity contribution in [3.63, 3.8) is 0 Å². The Morgan fingerprint density at radius 1 is 1.33 bits per heavy atom. The molecule has 0 atom stereocenters. The molecule has 0 bridgehead atoms. The Labute approximate surface area is 105 Å². The molecule has 0 radical (unpaired) electrons. The van der Waals surface area contributed by atoms with E-state index in [9.17, 15) is 4.79 Å². The van der Waals surface area contributed by atoms with Gasteiger partial charge in [0.2, 0.25) is 0 Å². The van der Waals surface area contributed by atoms with E-state index in [1.165, 1.54) is 0 Å². The summed E-state index contributed by atoms with van der Waals surface area (Å²) in [6.07, 6.45) is 0.451. The van der Waals surface area contributed by atoms with Gasteiger partial charge in [0.25, 0.3) is 0 Å². The van der Waals surface area contributed by atoms with E-state index < -0.39 is 5.60 Å². The second-order valence-electron chi connectivity index (χ2n) is 4.08. The van der Waals surface area contributed by atoms with E-state index in [1.54, 1.807) is 0 Å². The number of halogens is 1. The fourth-order valence-corrected chi connectivity index (χ4v) is 1.15. The number of rotatable bonds is 6. The molecule has 0 saturated heterocycles. The summed E-state index contributed by atoms with van der Waals surface area (Å²) in [5.41, 5.74) is -0.429. The van der Waals surface area contributed by atoms with Crippen LogP contribution >= 0.6 is 22.6 Å². The smallest absolute Gasteiger partial charge is 0.407 e. The van der Waals surface area contributed by atoms with Crippen LogP contribution in [-0.4, -0.2) is 35.9 Å². The second kappa shape index (κ2) is 8.15. The zero-order chi connectivity index (χ0) is 11.7. The summed E-state index contributed by atoms with van der Waals surface area (Å²) in [5, 5.41) is 2.67. The molecular formula is C10H20INO3. The number of alkyl carbamates (subject to hydrolysis) is 1. The summed E-state index contributed by atoms with van der Waals surface area (Å²) in [7, 11) is 0. The monoisotopic (exact) mass is 329 g/mol. The van der Waals surface area contributed by atoms with Crippen LogP contribution in [0.25, 0.3) is 0 Å². The molecule has 0 aromatic carbocycles. The standard InChI is InChI=1S/C10H20INO3/c1-10(2,3)15-9(13)12-6-4-7-14-8-5-11/h4-8H2,1-3H3,(H,12,13). The molecule has 15 heavy (non-hydrogen) atoms. The Kier molecular flexibility index (Phi) is 8.13. The first-order valence-electron chi connectivity index (χ1n) is 5.06. The highest BCUT2D eigenvalue weighted by Crippen LogP contribution is 2.06. The van der Waals surface area contributed by atoms with E-state index in [1.807, 2.05) is 20.8 Å². The molecule has 0 aromatic rings. The molecule has 0 aliphatic rings. The second-order valence-corrected chi connectivity index (χ2v) is 5.16. The molecule has 4 nitrogen and oxygen atoms in total. The Morgan fingerprint density at radius 2 is 2.00 bits per heavy atom. The normalized spacial score (nSPS) is 11.2. The maximum absolute atomic E-state index is 11.2. The van der Waals surface area contributed by atoms with Crippen LogP contribution in [0.3, 0.4) is 0 Å². The Balaban J connectivity index is 3.32. The Morgan fingerprint density at radius 3 is 2.53 bits per heavy atom. The van der Waals surface area contributed by atoms with Crippen LogP contribution in [0.4, 0.5) is 4.79 Å². The molecule has 0 aromatic heterocycles. The van der Waals surface area contributed by atoms with Gasteiger partial charge in [-0.05, 0) is 27.2 Å². The predicted octanol–water partition coefficient (Wildman–Crippen LogP) is 2.35. The van der Waals surface area contributed by atoms with Crippen LogP contribution in [0.5, 0.6) is 0 Å². The largest absolute Gasteiger partial charge is 0.444 e. The van der Waals surface area contributed by atoms with Crippen LogP contribution in [0.15, 0.2) is 0 Å². The van der Waals surface area contributed by atoms with E-state index in [4.69, 9.17) is 9.47 Å². The molecule has 0 unspecified atom stereocenters. The lowest BCUT2D eigenvalue weighted by molar-refractivity contribution is 0.0521. The van der Waals surface area contributed by atoms with Gasteiger partial charge >= 0.3 is 6.09 Å². The van der Waals surface area contributed by atoms with E-state index in [-0.39, 0.29) is 6.09 Å². The van der Waals surface area contributed by atoms with Crippen LogP contribution in [0.2, 0.25) is 0 Å². The van der Waals surface area contributed by atoms with Gasteiger partial charge < -0.3 is 14.8 Å². The Hall–Kier alpha value is -0.0400. The van der Waals surface area contributed by atoms with E-state index in [2.05, 4.69) is 27.9 Å². The third-order valence-electron chi connectivity index (χ3n) is 1.36. The third kappa shape index (κ3) is 11.9. The number of hydrogen-bond acceptors (Lipinski definition) is 3. The first kappa shape index (κ1) is 15.0. The maximum atomic E-state index is 11.2. The van der Waals surface area contributed by atoms with Gasteiger partial charge in [-0.3, -0.25) is 0 Å². The lowest BCUT2D eigenvalue weighted by atomic mass is 10.2. The van der Waals surface area contributed by atoms with Crippen molar-refractivity contribution in [2.45, 2.75) is 32.8 Å². The first-order chi connectivity index (χ1) is 6.95. The fourth-order valence-electron chi connectivity index (χ4n) is 0.835. The molecule has 5 heteroatoms. The number of ether oxygens (including phenoxy) is 2. The highest BCUT2D eigenvalue weighted by atomic mass is 127. The number of alkyl halides is 1. The van der Waals surface area contributed by atoms with Crippen molar-refractivity contribution in [3.8, 4) is 0 Å². The van der Waals surface area contributed by atoms with Gasteiger partial charge in [-0.25, -0.2) is 4.79 Å². The van der Waals surface area contributed by atoms with Crippen molar-refractivity contribution in [1.29, 1.82) is 0 Å². The van der Waals surface area contributed by atoms with E-state index in [0.717, 1.165) is 17.5 Å². The van der Waals surface area contributed by atoms with E-state index in [0.29, 0.717) is 13.2 Å². The zero-order valence-electron chi connectivity index (χ0n) is 9.64. The van der Waals surface area contributed by atoms with Crippen molar-refractivity contribution in [1.82, 2.24) is 5.32 Å². The summed E-state index contributed by atoms with van der Waals surface area (Å²) in [6, 6.07) is 0. The lowest BCUT2D eigenvalue weighted by Crippen LogP contribution is -2.33. The first-order valence-corrected chi connectivity index (χ1v) is 6.59.